The predicted octanol–water partition coefficient (Wildman–Crippen LogP) is 0.977. The largest absolute Gasteiger partial charge is 0.454 e. The number of nitrogens with two attached hydrogens (primary N) is 1. The van der Waals surface area contributed by atoms with Gasteiger partial charge in [-0.15, -0.1) is 0 Å². The molecule has 1 saturated heterocycles. The number of amides is 1. The molecule has 1 amide bonds. The Balaban J connectivity index is 1.84. The molecule has 1 aromatic rings. The molecule has 96 valence electrons. The molecule has 1 aromatic carbocycles. The standard InChI is InChI=1S/C13H16N2O3/c1-8-10(14)4-5-15(8)13(16)9-2-3-11-12(6-9)18-7-17-11/h2-3,6,8,10H,4-5,7,14H2,1H3. The molecule has 2 aliphatic heterocycles. The summed E-state index contributed by atoms with van der Waals surface area (Å²) < 4.78 is 10.5. The third-order valence-corrected chi connectivity index (χ3v) is 3.69. The molecule has 18 heavy (non-hydrogen) atoms. The van der Waals surface area contributed by atoms with Gasteiger partial charge in [0.05, 0.1) is 0 Å². The van der Waals surface area contributed by atoms with Gasteiger partial charge in [0.2, 0.25) is 6.79 Å². The van der Waals surface area contributed by atoms with Gasteiger partial charge in [0.15, 0.2) is 11.5 Å². The van der Waals surface area contributed by atoms with Crippen LogP contribution in [0.2, 0.25) is 0 Å². The second kappa shape index (κ2) is 4.17. The summed E-state index contributed by atoms with van der Waals surface area (Å²) in [6.07, 6.45) is 0.859. The van der Waals surface area contributed by atoms with E-state index < -0.39 is 0 Å². The van der Waals surface area contributed by atoms with Crippen molar-refractivity contribution in [2.45, 2.75) is 25.4 Å². The number of fused-ring (bicyclic) bond motifs is 1. The number of likely N-dealkylation sites (tertiary alicyclic amines) is 1. The molecular formula is C13H16N2O3. The van der Waals surface area contributed by atoms with Crippen molar-refractivity contribution in [3.63, 3.8) is 0 Å². The predicted molar refractivity (Wildman–Crippen MR) is 65.7 cm³/mol. The number of nitrogens with zero attached hydrogens (tertiary/aromatic N) is 1. The fourth-order valence-electron chi connectivity index (χ4n) is 2.45. The maximum atomic E-state index is 12.4. The van der Waals surface area contributed by atoms with Gasteiger partial charge in [0.25, 0.3) is 5.91 Å². The minimum Gasteiger partial charge on any atom is -0.454 e. The fourth-order valence-corrected chi connectivity index (χ4v) is 2.45. The highest BCUT2D eigenvalue weighted by atomic mass is 16.7. The first-order valence-electron chi connectivity index (χ1n) is 6.13. The van der Waals surface area contributed by atoms with Crippen LogP contribution in [0.5, 0.6) is 11.5 Å². The summed E-state index contributed by atoms with van der Waals surface area (Å²) in [5.41, 5.74) is 6.56. The maximum Gasteiger partial charge on any atom is 0.254 e. The van der Waals surface area contributed by atoms with Crippen LogP contribution in [0.15, 0.2) is 18.2 Å². The molecule has 3 rings (SSSR count). The number of carbonyl (C=O) groups excluding carboxylic acids is 1. The van der Waals surface area contributed by atoms with E-state index in [0.717, 1.165) is 13.0 Å². The molecule has 0 bridgehead atoms. The lowest BCUT2D eigenvalue weighted by Gasteiger charge is -2.23. The first-order chi connectivity index (χ1) is 8.66. The minimum absolute atomic E-state index is 0.00810. The van der Waals surface area contributed by atoms with Crippen molar-refractivity contribution in [2.75, 3.05) is 13.3 Å². The van der Waals surface area contributed by atoms with Crippen LogP contribution < -0.4 is 15.2 Å². The lowest BCUT2D eigenvalue weighted by atomic mass is 10.1. The monoisotopic (exact) mass is 248 g/mol. The topological polar surface area (TPSA) is 64.8 Å². The minimum atomic E-state index is 0.00810. The second-order valence-electron chi connectivity index (χ2n) is 4.76. The van der Waals surface area contributed by atoms with Gasteiger partial charge in [-0.3, -0.25) is 4.79 Å². The van der Waals surface area contributed by atoms with Crippen LogP contribution in [0.4, 0.5) is 0 Å². The molecule has 0 radical (unpaired) electrons. The summed E-state index contributed by atoms with van der Waals surface area (Å²) in [5.74, 6) is 1.34. The van der Waals surface area contributed by atoms with Crippen molar-refractivity contribution in [3.8, 4) is 11.5 Å². The number of rotatable bonds is 1. The molecule has 2 aliphatic rings. The van der Waals surface area contributed by atoms with E-state index in [4.69, 9.17) is 15.2 Å². The molecule has 0 spiro atoms. The normalized spacial score (nSPS) is 25.6. The third-order valence-electron chi connectivity index (χ3n) is 3.69. The van der Waals surface area contributed by atoms with Crippen molar-refractivity contribution < 1.29 is 14.3 Å². The molecule has 2 atom stereocenters. The van der Waals surface area contributed by atoms with Gasteiger partial charge < -0.3 is 20.1 Å². The molecule has 2 heterocycles. The Kier molecular flexibility index (Phi) is 2.63. The highest BCUT2D eigenvalue weighted by molar-refractivity contribution is 5.95. The van der Waals surface area contributed by atoms with Crippen LogP contribution in [0.1, 0.15) is 23.7 Å². The van der Waals surface area contributed by atoms with Crippen LogP contribution in [0.25, 0.3) is 0 Å². The highest BCUT2D eigenvalue weighted by Crippen LogP contribution is 2.33. The van der Waals surface area contributed by atoms with Crippen LogP contribution >= 0.6 is 0 Å². The average molecular weight is 248 g/mol. The molecule has 0 aliphatic carbocycles. The summed E-state index contributed by atoms with van der Waals surface area (Å²) in [7, 11) is 0. The number of ether oxygens (including phenoxy) is 2. The molecule has 2 unspecified atom stereocenters. The zero-order valence-electron chi connectivity index (χ0n) is 10.3. The summed E-state index contributed by atoms with van der Waals surface area (Å²) in [6.45, 7) is 2.93. The molecular weight excluding hydrogens is 232 g/mol. The van der Waals surface area contributed by atoms with Crippen molar-refractivity contribution in [1.82, 2.24) is 4.90 Å². The van der Waals surface area contributed by atoms with Gasteiger partial charge in [-0.25, -0.2) is 0 Å². The molecule has 2 N–H and O–H groups in total. The SMILES string of the molecule is CC1C(N)CCN1C(=O)c1ccc2c(c1)OCO2. The summed E-state index contributed by atoms with van der Waals surface area (Å²) in [6, 6.07) is 5.44. The van der Waals surface area contributed by atoms with Gasteiger partial charge in [-0.05, 0) is 31.5 Å². The van der Waals surface area contributed by atoms with E-state index in [1.165, 1.54) is 0 Å². The van der Waals surface area contributed by atoms with Crippen molar-refractivity contribution in [2.24, 2.45) is 5.73 Å². The van der Waals surface area contributed by atoms with Gasteiger partial charge in [0.1, 0.15) is 0 Å². The first kappa shape index (κ1) is 11.3. The van der Waals surface area contributed by atoms with E-state index in [9.17, 15) is 4.79 Å². The Morgan fingerprint density at radius 3 is 2.89 bits per heavy atom. The Morgan fingerprint density at radius 2 is 2.17 bits per heavy atom. The lowest BCUT2D eigenvalue weighted by Crippen LogP contribution is -2.40. The fraction of sp³-hybridized carbons (Fsp3) is 0.462. The van der Waals surface area contributed by atoms with Crippen molar-refractivity contribution in [3.05, 3.63) is 23.8 Å². The Labute approximate surface area is 105 Å². The summed E-state index contributed by atoms with van der Waals surface area (Å²) >= 11 is 0. The first-order valence-corrected chi connectivity index (χ1v) is 6.13. The number of benzene rings is 1. The zero-order valence-corrected chi connectivity index (χ0v) is 10.3. The van der Waals surface area contributed by atoms with E-state index in [1.54, 1.807) is 18.2 Å². The Morgan fingerprint density at radius 1 is 1.39 bits per heavy atom. The number of hydrogen-bond acceptors (Lipinski definition) is 4. The van der Waals surface area contributed by atoms with Crippen LogP contribution in [0.3, 0.4) is 0 Å². The van der Waals surface area contributed by atoms with E-state index in [1.807, 2.05) is 11.8 Å². The zero-order chi connectivity index (χ0) is 12.7. The summed E-state index contributed by atoms with van der Waals surface area (Å²) in [5, 5.41) is 0. The third kappa shape index (κ3) is 1.71. The number of hydrogen-bond donors (Lipinski definition) is 1. The van der Waals surface area contributed by atoms with E-state index in [0.29, 0.717) is 17.1 Å². The Hall–Kier alpha value is -1.75. The molecule has 0 saturated carbocycles. The molecule has 0 aromatic heterocycles. The van der Waals surface area contributed by atoms with Gasteiger partial charge in [-0.2, -0.15) is 0 Å². The van der Waals surface area contributed by atoms with Crippen LogP contribution in [0, 0.1) is 0 Å². The lowest BCUT2D eigenvalue weighted by molar-refractivity contribution is 0.0742. The molecule has 1 fully saturated rings. The highest BCUT2D eigenvalue weighted by Gasteiger charge is 2.32. The van der Waals surface area contributed by atoms with Crippen molar-refractivity contribution in [1.29, 1.82) is 0 Å². The number of carbonyl (C=O) groups is 1. The van der Waals surface area contributed by atoms with Gasteiger partial charge in [0, 0.05) is 24.2 Å². The Bertz CT molecular complexity index is 489. The van der Waals surface area contributed by atoms with E-state index >= 15 is 0 Å². The second-order valence-corrected chi connectivity index (χ2v) is 4.76. The molecule has 5 nitrogen and oxygen atoms in total. The summed E-state index contributed by atoms with van der Waals surface area (Å²) in [4.78, 5) is 14.2. The van der Waals surface area contributed by atoms with Crippen LogP contribution in [-0.2, 0) is 0 Å². The molecule has 5 heteroatoms. The quantitative estimate of drug-likeness (QED) is 0.804. The van der Waals surface area contributed by atoms with E-state index in [2.05, 4.69) is 0 Å². The van der Waals surface area contributed by atoms with Gasteiger partial charge in [-0.1, -0.05) is 0 Å². The smallest absolute Gasteiger partial charge is 0.254 e. The van der Waals surface area contributed by atoms with E-state index in [-0.39, 0.29) is 24.8 Å². The van der Waals surface area contributed by atoms with Gasteiger partial charge >= 0.3 is 0 Å². The van der Waals surface area contributed by atoms with Crippen molar-refractivity contribution >= 4 is 5.91 Å². The average Bonchev–Trinajstić information content (AvgIpc) is 2.96. The van der Waals surface area contributed by atoms with Crippen LogP contribution in [-0.4, -0.2) is 36.2 Å². The maximum absolute atomic E-state index is 12.4.